The van der Waals surface area contributed by atoms with Crippen LogP contribution >= 0.6 is 27.5 Å². The van der Waals surface area contributed by atoms with Gasteiger partial charge in [-0.05, 0) is 67.7 Å². The van der Waals surface area contributed by atoms with Crippen LogP contribution in [0.1, 0.15) is 39.2 Å². The molecule has 156 valence electrons. The largest absolute Gasteiger partial charge is 0.444 e. The lowest BCUT2D eigenvalue weighted by Gasteiger charge is -2.36. The highest BCUT2D eigenvalue weighted by molar-refractivity contribution is 9.10. The Morgan fingerprint density at radius 1 is 1.17 bits per heavy atom. The number of amides is 3. The summed E-state index contributed by atoms with van der Waals surface area (Å²) in [5.41, 5.74) is -0.152. The van der Waals surface area contributed by atoms with Gasteiger partial charge in [0.1, 0.15) is 11.1 Å². The van der Waals surface area contributed by atoms with Crippen molar-refractivity contribution in [2.45, 2.75) is 44.8 Å². The van der Waals surface area contributed by atoms with Crippen LogP contribution in [-0.2, 0) is 4.74 Å². The monoisotopic (exact) mass is 481 g/mol. The fraction of sp³-hybridized carbons (Fsp3) is 0.524. The number of hydrogen-bond donors (Lipinski definition) is 1. The molecule has 1 heterocycles. The Morgan fingerprint density at radius 2 is 1.79 bits per heavy atom. The number of ether oxygens (including phenoxy) is 1. The Hall–Kier alpha value is -1.91. The van der Waals surface area contributed by atoms with E-state index in [9.17, 15) is 9.59 Å². The number of nitrogens with zero attached hydrogens (tertiary/aromatic N) is 2. The first-order valence-electron chi connectivity index (χ1n) is 9.60. The van der Waals surface area contributed by atoms with E-state index in [2.05, 4.69) is 33.1 Å². The number of halogens is 2. The molecule has 6 nitrogen and oxygen atoms in total. The van der Waals surface area contributed by atoms with Crippen molar-refractivity contribution in [1.29, 1.82) is 0 Å². The number of nitrogens with one attached hydrogen (secondary N) is 1. The Morgan fingerprint density at radius 3 is 2.34 bits per heavy atom. The first-order chi connectivity index (χ1) is 13.6. The Labute approximate surface area is 185 Å². The summed E-state index contributed by atoms with van der Waals surface area (Å²) < 4.78 is 6.19. The SMILES string of the molecule is CC(C)(C)OC(=O)N1CCN(C(=O)NC2(C#Cc3ccc(Cl)c(Br)c3)CC2)CC1. The van der Waals surface area contributed by atoms with Gasteiger partial charge < -0.3 is 19.9 Å². The van der Waals surface area contributed by atoms with Crippen LogP contribution in [-0.4, -0.2) is 59.2 Å². The van der Waals surface area contributed by atoms with Crippen molar-refractivity contribution < 1.29 is 14.3 Å². The lowest BCUT2D eigenvalue weighted by Crippen LogP contribution is -2.55. The van der Waals surface area contributed by atoms with Crippen molar-refractivity contribution in [2.75, 3.05) is 26.2 Å². The zero-order chi connectivity index (χ0) is 21.2. The summed E-state index contributed by atoms with van der Waals surface area (Å²) in [5, 5.41) is 3.69. The van der Waals surface area contributed by atoms with Gasteiger partial charge in [0.2, 0.25) is 0 Å². The maximum atomic E-state index is 12.7. The van der Waals surface area contributed by atoms with Crippen LogP contribution in [0.5, 0.6) is 0 Å². The number of rotatable bonds is 1. The minimum Gasteiger partial charge on any atom is -0.444 e. The van der Waals surface area contributed by atoms with E-state index in [1.54, 1.807) is 15.9 Å². The highest BCUT2D eigenvalue weighted by Crippen LogP contribution is 2.35. The summed E-state index contributed by atoms with van der Waals surface area (Å²) in [6.45, 7) is 7.38. The van der Waals surface area contributed by atoms with E-state index in [1.807, 2.05) is 32.9 Å². The van der Waals surface area contributed by atoms with Gasteiger partial charge in [0.15, 0.2) is 0 Å². The van der Waals surface area contributed by atoms with Crippen LogP contribution in [0.2, 0.25) is 5.02 Å². The van der Waals surface area contributed by atoms with E-state index in [-0.39, 0.29) is 12.1 Å². The molecule has 1 aromatic carbocycles. The molecule has 2 fully saturated rings. The highest BCUT2D eigenvalue weighted by Gasteiger charge is 2.44. The van der Waals surface area contributed by atoms with Crippen molar-refractivity contribution in [1.82, 2.24) is 15.1 Å². The van der Waals surface area contributed by atoms with E-state index in [1.165, 1.54) is 0 Å². The van der Waals surface area contributed by atoms with Crippen molar-refractivity contribution in [3.05, 3.63) is 33.3 Å². The van der Waals surface area contributed by atoms with Gasteiger partial charge in [0, 0.05) is 36.2 Å². The average Bonchev–Trinajstić information content (AvgIpc) is 3.41. The van der Waals surface area contributed by atoms with Crippen LogP contribution in [0.4, 0.5) is 9.59 Å². The molecule has 29 heavy (non-hydrogen) atoms. The van der Waals surface area contributed by atoms with Crippen molar-refractivity contribution in [3.63, 3.8) is 0 Å². The van der Waals surface area contributed by atoms with E-state index >= 15 is 0 Å². The number of carbonyl (C=O) groups is 2. The molecule has 3 amide bonds. The molecule has 1 aliphatic heterocycles. The molecule has 0 unspecified atom stereocenters. The number of carbonyl (C=O) groups excluding carboxylic acids is 2. The van der Waals surface area contributed by atoms with Gasteiger partial charge >= 0.3 is 12.1 Å². The molecule has 1 N–H and O–H groups in total. The van der Waals surface area contributed by atoms with Crippen LogP contribution < -0.4 is 5.32 Å². The van der Waals surface area contributed by atoms with Gasteiger partial charge in [0.25, 0.3) is 0 Å². The lowest BCUT2D eigenvalue weighted by molar-refractivity contribution is 0.0169. The van der Waals surface area contributed by atoms with Crippen molar-refractivity contribution in [3.8, 4) is 11.8 Å². The van der Waals surface area contributed by atoms with E-state index < -0.39 is 11.1 Å². The predicted octanol–water partition coefficient (Wildman–Crippen LogP) is 4.25. The molecule has 2 aliphatic rings. The minimum absolute atomic E-state index is 0.141. The minimum atomic E-state index is -0.526. The fourth-order valence-electron chi connectivity index (χ4n) is 2.87. The summed E-state index contributed by atoms with van der Waals surface area (Å²) in [6, 6.07) is 5.37. The molecule has 0 bridgehead atoms. The molecule has 1 aliphatic carbocycles. The normalized spacial score (nSPS) is 17.8. The standard InChI is InChI=1S/C21H25BrClN3O3/c1-20(2,3)29-19(28)26-12-10-25(11-13-26)18(27)24-21(8-9-21)7-6-15-4-5-17(23)16(22)14-15/h4-5,14H,8-13H2,1-3H3,(H,24,27). The van der Waals surface area contributed by atoms with Gasteiger partial charge in [0.05, 0.1) is 5.02 Å². The van der Waals surface area contributed by atoms with Gasteiger partial charge in [-0.15, -0.1) is 0 Å². The Kier molecular flexibility index (Phi) is 6.35. The molecular weight excluding hydrogens is 458 g/mol. The summed E-state index contributed by atoms with van der Waals surface area (Å²) in [5.74, 6) is 6.32. The zero-order valence-electron chi connectivity index (χ0n) is 16.8. The molecule has 1 saturated heterocycles. The van der Waals surface area contributed by atoms with Crippen LogP contribution in [0, 0.1) is 11.8 Å². The van der Waals surface area contributed by atoms with Crippen LogP contribution in [0.25, 0.3) is 0 Å². The second-order valence-corrected chi connectivity index (χ2v) is 9.61. The predicted molar refractivity (Wildman–Crippen MR) is 116 cm³/mol. The molecule has 8 heteroatoms. The maximum Gasteiger partial charge on any atom is 0.410 e. The number of urea groups is 1. The molecule has 0 spiro atoms. The van der Waals surface area contributed by atoms with Gasteiger partial charge in [-0.3, -0.25) is 0 Å². The number of hydrogen-bond acceptors (Lipinski definition) is 3. The second kappa shape index (κ2) is 8.45. The van der Waals surface area contributed by atoms with Crippen LogP contribution in [0.3, 0.4) is 0 Å². The molecule has 0 aromatic heterocycles. The lowest BCUT2D eigenvalue weighted by atomic mass is 10.2. The second-order valence-electron chi connectivity index (χ2n) is 8.35. The summed E-state index contributed by atoms with van der Waals surface area (Å²) in [7, 11) is 0. The summed E-state index contributed by atoms with van der Waals surface area (Å²) in [4.78, 5) is 28.2. The Balaban J connectivity index is 1.53. The molecule has 0 atom stereocenters. The Bertz CT molecular complexity index is 860. The number of piperazine rings is 1. The van der Waals surface area contributed by atoms with Crippen LogP contribution in [0.15, 0.2) is 22.7 Å². The van der Waals surface area contributed by atoms with E-state index in [0.717, 1.165) is 22.9 Å². The molecular formula is C21H25BrClN3O3. The molecule has 0 radical (unpaired) electrons. The van der Waals surface area contributed by atoms with Crippen molar-refractivity contribution in [2.24, 2.45) is 0 Å². The fourth-order valence-corrected chi connectivity index (χ4v) is 3.37. The third kappa shape index (κ3) is 6.03. The van der Waals surface area contributed by atoms with Gasteiger partial charge in [-0.2, -0.15) is 0 Å². The van der Waals surface area contributed by atoms with E-state index in [0.29, 0.717) is 31.2 Å². The van der Waals surface area contributed by atoms with Gasteiger partial charge in [-0.25, -0.2) is 9.59 Å². The number of benzene rings is 1. The summed E-state index contributed by atoms with van der Waals surface area (Å²) in [6.07, 6.45) is 1.33. The third-order valence-corrected chi connectivity index (χ3v) is 5.89. The first kappa shape index (κ1) is 21.8. The first-order valence-corrected chi connectivity index (χ1v) is 10.8. The van der Waals surface area contributed by atoms with Crippen molar-refractivity contribution >= 4 is 39.7 Å². The van der Waals surface area contributed by atoms with E-state index in [4.69, 9.17) is 16.3 Å². The molecule has 1 saturated carbocycles. The van der Waals surface area contributed by atoms with Gasteiger partial charge in [-0.1, -0.05) is 23.4 Å². The molecule has 3 rings (SSSR count). The smallest absolute Gasteiger partial charge is 0.410 e. The summed E-state index contributed by atoms with van der Waals surface area (Å²) >= 11 is 9.40. The molecule has 1 aromatic rings. The third-order valence-electron chi connectivity index (χ3n) is 4.68. The zero-order valence-corrected chi connectivity index (χ0v) is 19.2. The highest BCUT2D eigenvalue weighted by atomic mass is 79.9. The average molecular weight is 483 g/mol. The maximum absolute atomic E-state index is 12.7. The topological polar surface area (TPSA) is 61.9 Å². The quantitative estimate of drug-likeness (QED) is 0.609.